The summed E-state index contributed by atoms with van der Waals surface area (Å²) < 4.78 is 2.23. The maximum Gasteiger partial charge on any atom is 0.303 e. The van der Waals surface area contributed by atoms with Crippen LogP contribution in [0.2, 0.25) is 0 Å². The second kappa shape index (κ2) is 4.94. The Balaban J connectivity index is 1.82. The lowest BCUT2D eigenvalue weighted by molar-refractivity contribution is -0.139. The van der Waals surface area contributed by atoms with Crippen molar-refractivity contribution in [2.75, 3.05) is 0 Å². The van der Waals surface area contributed by atoms with Crippen molar-refractivity contribution in [1.82, 2.24) is 14.8 Å². The highest BCUT2D eigenvalue weighted by Crippen LogP contribution is 2.43. The van der Waals surface area contributed by atoms with Crippen molar-refractivity contribution in [3.8, 4) is 0 Å². The number of rotatable bonds is 4. The maximum atomic E-state index is 11.1. The molecule has 0 atom stereocenters. The van der Waals surface area contributed by atoms with Crippen LogP contribution >= 0.6 is 0 Å². The van der Waals surface area contributed by atoms with E-state index in [4.69, 9.17) is 5.11 Å². The van der Waals surface area contributed by atoms with Crippen LogP contribution in [0.15, 0.2) is 0 Å². The van der Waals surface area contributed by atoms with Crippen molar-refractivity contribution in [2.45, 2.75) is 64.3 Å². The Hall–Kier alpha value is -1.39. The van der Waals surface area contributed by atoms with Gasteiger partial charge in [0.05, 0.1) is 6.42 Å². The molecule has 0 radical (unpaired) electrons. The third-order valence-electron chi connectivity index (χ3n) is 4.66. The zero-order valence-electron chi connectivity index (χ0n) is 11.3. The first-order valence-corrected chi connectivity index (χ1v) is 7.31. The molecule has 3 rings (SSSR count). The van der Waals surface area contributed by atoms with Crippen LogP contribution in [0, 0.1) is 5.41 Å². The van der Waals surface area contributed by atoms with Crippen LogP contribution in [0.5, 0.6) is 0 Å². The molecule has 0 spiro atoms. The molecular formula is C14H21N3O2. The molecule has 5 nitrogen and oxygen atoms in total. The van der Waals surface area contributed by atoms with Gasteiger partial charge in [-0.05, 0) is 31.1 Å². The summed E-state index contributed by atoms with van der Waals surface area (Å²) in [4.78, 5) is 11.1. The lowest BCUT2D eigenvalue weighted by Gasteiger charge is -2.27. The van der Waals surface area contributed by atoms with Crippen LogP contribution in [0.25, 0.3) is 0 Å². The van der Waals surface area contributed by atoms with Crippen LogP contribution in [-0.2, 0) is 24.2 Å². The summed E-state index contributed by atoms with van der Waals surface area (Å²) in [5, 5.41) is 17.8. The molecule has 1 saturated carbocycles. The highest BCUT2D eigenvalue weighted by Gasteiger charge is 2.38. The van der Waals surface area contributed by atoms with E-state index < -0.39 is 5.97 Å². The van der Waals surface area contributed by atoms with Crippen molar-refractivity contribution in [3.05, 3.63) is 11.6 Å². The highest BCUT2D eigenvalue weighted by atomic mass is 16.4. The Morgan fingerprint density at radius 1 is 1.21 bits per heavy atom. The number of fused-ring (bicyclic) bond motifs is 1. The van der Waals surface area contributed by atoms with Gasteiger partial charge in [0, 0.05) is 19.4 Å². The fraction of sp³-hybridized carbons (Fsp3) is 0.786. The minimum Gasteiger partial charge on any atom is -0.481 e. The van der Waals surface area contributed by atoms with Gasteiger partial charge < -0.3 is 9.67 Å². The molecule has 5 heteroatoms. The molecule has 0 bridgehead atoms. The molecule has 1 aromatic rings. The largest absolute Gasteiger partial charge is 0.481 e. The Bertz CT molecular complexity index is 475. The van der Waals surface area contributed by atoms with Crippen molar-refractivity contribution >= 4 is 5.97 Å². The first kappa shape index (κ1) is 12.6. The van der Waals surface area contributed by atoms with Crippen LogP contribution in [0.1, 0.15) is 56.6 Å². The van der Waals surface area contributed by atoms with Crippen LogP contribution in [0.4, 0.5) is 0 Å². The molecular weight excluding hydrogens is 242 g/mol. The number of nitrogens with zero attached hydrogens (tertiary/aromatic N) is 3. The fourth-order valence-corrected chi connectivity index (χ4v) is 3.70. The van der Waals surface area contributed by atoms with Gasteiger partial charge in [0.1, 0.15) is 11.6 Å². The molecule has 1 fully saturated rings. The predicted octanol–water partition coefficient (Wildman–Crippen LogP) is 2.19. The van der Waals surface area contributed by atoms with E-state index in [0.29, 0.717) is 0 Å². The van der Waals surface area contributed by atoms with Gasteiger partial charge in [0.25, 0.3) is 0 Å². The third kappa shape index (κ3) is 2.51. The quantitative estimate of drug-likeness (QED) is 0.904. The van der Waals surface area contributed by atoms with E-state index in [0.717, 1.165) is 56.7 Å². The van der Waals surface area contributed by atoms with Crippen molar-refractivity contribution in [1.29, 1.82) is 0 Å². The first-order chi connectivity index (χ1) is 9.19. The molecule has 104 valence electrons. The van der Waals surface area contributed by atoms with Crippen molar-refractivity contribution in [2.24, 2.45) is 5.41 Å². The molecule has 1 aliphatic heterocycles. The molecule has 0 saturated heterocycles. The van der Waals surface area contributed by atoms with E-state index in [1.165, 1.54) is 12.8 Å². The fourth-order valence-electron chi connectivity index (χ4n) is 3.70. The molecule has 1 aromatic heterocycles. The zero-order chi connectivity index (χ0) is 13.3. The monoisotopic (exact) mass is 263 g/mol. The molecule has 0 unspecified atom stereocenters. The van der Waals surface area contributed by atoms with E-state index in [9.17, 15) is 4.79 Å². The number of aryl methyl sites for hydroxylation is 1. The Morgan fingerprint density at radius 2 is 2.00 bits per heavy atom. The summed E-state index contributed by atoms with van der Waals surface area (Å²) in [6, 6.07) is 0. The van der Waals surface area contributed by atoms with Gasteiger partial charge in [-0.3, -0.25) is 4.79 Å². The van der Waals surface area contributed by atoms with Gasteiger partial charge >= 0.3 is 5.97 Å². The van der Waals surface area contributed by atoms with Gasteiger partial charge in [0.15, 0.2) is 0 Å². The van der Waals surface area contributed by atoms with E-state index in [2.05, 4.69) is 14.8 Å². The summed E-state index contributed by atoms with van der Waals surface area (Å²) in [6.45, 7) is 1.00. The number of carbonyl (C=O) groups is 1. The van der Waals surface area contributed by atoms with Gasteiger partial charge in [-0.1, -0.05) is 12.8 Å². The predicted molar refractivity (Wildman–Crippen MR) is 69.8 cm³/mol. The first-order valence-electron chi connectivity index (χ1n) is 7.31. The smallest absolute Gasteiger partial charge is 0.303 e. The number of aromatic nitrogens is 3. The van der Waals surface area contributed by atoms with Crippen molar-refractivity contribution < 1.29 is 9.90 Å². The normalized spacial score (nSPS) is 21.3. The van der Waals surface area contributed by atoms with Gasteiger partial charge in [-0.25, -0.2) is 0 Å². The molecule has 1 aliphatic carbocycles. The molecule has 19 heavy (non-hydrogen) atoms. The minimum atomic E-state index is -0.680. The summed E-state index contributed by atoms with van der Waals surface area (Å²) in [5.74, 6) is 1.42. The van der Waals surface area contributed by atoms with Gasteiger partial charge in [-0.2, -0.15) is 0 Å². The molecule has 0 aromatic carbocycles. The van der Waals surface area contributed by atoms with E-state index in [1.807, 2.05) is 0 Å². The summed E-state index contributed by atoms with van der Waals surface area (Å²) in [7, 11) is 0. The number of carboxylic acids is 1. The standard InChI is InChI=1S/C14H21N3O2/c18-13(19)10-14(6-2-3-7-14)9-12-16-15-11-5-1-4-8-17(11)12/h1-10H2,(H,18,19). The molecule has 2 heterocycles. The second-order valence-corrected chi connectivity index (χ2v) is 6.10. The van der Waals surface area contributed by atoms with Crippen LogP contribution in [0.3, 0.4) is 0 Å². The average Bonchev–Trinajstić information content (AvgIpc) is 2.98. The second-order valence-electron chi connectivity index (χ2n) is 6.10. The highest BCUT2D eigenvalue weighted by molar-refractivity contribution is 5.67. The maximum absolute atomic E-state index is 11.1. The topological polar surface area (TPSA) is 68.0 Å². The minimum absolute atomic E-state index is 0.0763. The summed E-state index contributed by atoms with van der Waals surface area (Å²) in [6.07, 6.45) is 8.77. The molecule has 1 N–H and O–H groups in total. The number of hydrogen-bond acceptors (Lipinski definition) is 3. The SMILES string of the molecule is O=C(O)CC1(Cc2nnc3n2CCCC3)CCCC1. The summed E-state index contributed by atoms with van der Waals surface area (Å²) in [5.41, 5.74) is -0.0763. The van der Waals surface area contributed by atoms with Gasteiger partial charge in [0.2, 0.25) is 0 Å². The van der Waals surface area contributed by atoms with Gasteiger partial charge in [-0.15, -0.1) is 10.2 Å². The van der Waals surface area contributed by atoms with Crippen molar-refractivity contribution in [3.63, 3.8) is 0 Å². The third-order valence-corrected chi connectivity index (χ3v) is 4.66. The van der Waals surface area contributed by atoms with E-state index in [1.54, 1.807) is 0 Å². The van der Waals surface area contributed by atoms with Crippen LogP contribution in [-0.4, -0.2) is 25.8 Å². The lowest BCUT2D eigenvalue weighted by Crippen LogP contribution is -2.26. The zero-order valence-corrected chi connectivity index (χ0v) is 11.3. The Labute approximate surface area is 113 Å². The number of hydrogen-bond donors (Lipinski definition) is 1. The molecule has 2 aliphatic rings. The average molecular weight is 263 g/mol. The van der Waals surface area contributed by atoms with Crippen LogP contribution < -0.4 is 0 Å². The Kier molecular flexibility index (Phi) is 3.29. The Morgan fingerprint density at radius 3 is 2.74 bits per heavy atom. The van der Waals surface area contributed by atoms with E-state index in [-0.39, 0.29) is 11.8 Å². The lowest BCUT2D eigenvalue weighted by atomic mass is 9.79. The number of aliphatic carboxylic acids is 1. The van der Waals surface area contributed by atoms with E-state index >= 15 is 0 Å². The molecule has 0 amide bonds. The number of carboxylic acid groups (broad SMARTS) is 1. The summed E-state index contributed by atoms with van der Waals surface area (Å²) >= 11 is 0.